The molecule has 1 amide bonds. The van der Waals surface area contributed by atoms with Gasteiger partial charge in [-0.2, -0.15) is 0 Å². The van der Waals surface area contributed by atoms with Crippen molar-refractivity contribution < 1.29 is 9.18 Å². The fourth-order valence-corrected chi connectivity index (χ4v) is 1.79. The van der Waals surface area contributed by atoms with E-state index in [2.05, 4.69) is 5.32 Å². The van der Waals surface area contributed by atoms with E-state index in [1.165, 1.54) is 17.0 Å². The van der Waals surface area contributed by atoms with E-state index >= 15 is 0 Å². The number of halogens is 1. The number of fused-ring (bicyclic) bond motifs is 1. The first-order valence-electron chi connectivity index (χ1n) is 4.39. The van der Waals surface area contributed by atoms with Gasteiger partial charge in [0.25, 0.3) is 0 Å². The smallest absolute Gasteiger partial charge is 0.248 e. The van der Waals surface area contributed by atoms with Crippen molar-refractivity contribution in [1.29, 1.82) is 0 Å². The Kier molecular flexibility index (Phi) is 2.00. The zero-order chi connectivity index (χ0) is 10.3. The van der Waals surface area contributed by atoms with Crippen LogP contribution in [0.15, 0.2) is 18.2 Å². The van der Waals surface area contributed by atoms with E-state index in [-0.39, 0.29) is 11.7 Å². The second-order valence-corrected chi connectivity index (χ2v) is 3.32. The third-order valence-corrected chi connectivity index (χ3v) is 2.53. The summed E-state index contributed by atoms with van der Waals surface area (Å²) in [5, 5.41) is 2.87. The zero-order valence-corrected chi connectivity index (χ0v) is 8.04. The highest BCUT2D eigenvalue weighted by molar-refractivity contribution is 6.04. The van der Waals surface area contributed by atoms with Crippen molar-refractivity contribution in [3.63, 3.8) is 0 Å². The van der Waals surface area contributed by atoms with Crippen LogP contribution in [0.5, 0.6) is 0 Å². The van der Waals surface area contributed by atoms with Gasteiger partial charge < -0.3 is 10.2 Å². The number of rotatable bonds is 1. The fraction of sp³-hybridized carbons (Fsp3) is 0.300. The number of carbonyl (C=O) groups is 1. The highest BCUT2D eigenvalue weighted by Gasteiger charge is 2.33. The molecule has 4 heteroatoms. The number of carbonyl (C=O) groups excluding carboxylic acids is 1. The van der Waals surface area contributed by atoms with Crippen LogP contribution >= 0.6 is 0 Å². The van der Waals surface area contributed by atoms with Crippen LogP contribution in [0.25, 0.3) is 0 Å². The molecule has 0 aliphatic carbocycles. The number of benzene rings is 1. The molecule has 74 valence electrons. The molecule has 0 fully saturated rings. The second-order valence-electron chi connectivity index (χ2n) is 3.32. The van der Waals surface area contributed by atoms with Crippen molar-refractivity contribution in [1.82, 2.24) is 5.32 Å². The molecule has 0 aromatic heterocycles. The SMILES string of the molecule is CNC1C(=O)N(C)c2ccc(F)cc21. The van der Waals surface area contributed by atoms with Crippen LogP contribution in [0.3, 0.4) is 0 Å². The lowest BCUT2D eigenvalue weighted by atomic mass is 10.1. The molecule has 1 N–H and O–H groups in total. The maximum Gasteiger partial charge on any atom is 0.248 e. The van der Waals surface area contributed by atoms with E-state index in [0.717, 1.165) is 5.69 Å². The van der Waals surface area contributed by atoms with E-state index in [1.807, 2.05) is 0 Å². The number of nitrogens with zero attached hydrogens (tertiary/aromatic N) is 1. The summed E-state index contributed by atoms with van der Waals surface area (Å²) in [5.41, 5.74) is 1.48. The van der Waals surface area contributed by atoms with Crippen molar-refractivity contribution in [2.24, 2.45) is 0 Å². The molecule has 0 radical (unpaired) electrons. The third kappa shape index (κ3) is 1.11. The van der Waals surface area contributed by atoms with E-state index in [0.29, 0.717) is 5.56 Å². The Morgan fingerprint density at radius 1 is 1.50 bits per heavy atom. The minimum atomic E-state index is -0.411. The number of hydrogen-bond acceptors (Lipinski definition) is 2. The van der Waals surface area contributed by atoms with Crippen molar-refractivity contribution >= 4 is 11.6 Å². The van der Waals surface area contributed by atoms with Crippen molar-refractivity contribution in [3.8, 4) is 0 Å². The molecule has 14 heavy (non-hydrogen) atoms. The number of nitrogens with one attached hydrogen (secondary N) is 1. The van der Waals surface area contributed by atoms with Crippen LogP contribution < -0.4 is 10.2 Å². The summed E-state index contributed by atoms with van der Waals surface area (Å²) in [6.07, 6.45) is 0. The molecule has 1 unspecified atom stereocenters. The first-order valence-corrected chi connectivity index (χ1v) is 4.39. The molecule has 1 aromatic rings. The van der Waals surface area contributed by atoms with Crippen LogP contribution in [0, 0.1) is 5.82 Å². The van der Waals surface area contributed by atoms with Gasteiger partial charge in [0.1, 0.15) is 11.9 Å². The number of anilines is 1. The molecule has 3 nitrogen and oxygen atoms in total. The Balaban J connectivity index is 2.56. The summed E-state index contributed by atoms with van der Waals surface area (Å²) in [6, 6.07) is 3.98. The van der Waals surface area contributed by atoms with Gasteiger partial charge in [0, 0.05) is 18.3 Å². The molecule has 0 bridgehead atoms. The van der Waals surface area contributed by atoms with Crippen LogP contribution in [0.1, 0.15) is 11.6 Å². The van der Waals surface area contributed by atoms with Crippen LogP contribution in [0.4, 0.5) is 10.1 Å². The van der Waals surface area contributed by atoms with Crippen molar-refractivity contribution in [2.75, 3.05) is 19.0 Å². The predicted molar refractivity (Wildman–Crippen MR) is 51.6 cm³/mol. The maximum absolute atomic E-state index is 13.0. The fourth-order valence-electron chi connectivity index (χ4n) is 1.79. The molecule has 1 heterocycles. The molecule has 0 spiro atoms. The highest BCUT2D eigenvalue weighted by atomic mass is 19.1. The summed E-state index contributed by atoms with van der Waals surface area (Å²) in [7, 11) is 3.38. The lowest BCUT2D eigenvalue weighted by Gasteiger charge is -2.09. The number of amides is 1. The van der Waals surface area contributed by atoms with Gasteiger partial charge in [-0.25, -0.2) is 4.39 Å². The minimum absolute atomic E-state index is 0.0481. The van der Waals surface area contributed by atoms with E-state index < -0.39 is 6.04 Å². The molecule has 0 saturated heterocycles. The van der Waals surface area contributed by atoms with Crippen LogP contribution in [-0.2, 0) is 4.79 Å². The second kappa shape index (κ2) is 3.06. The summed E-state index contributed by atoms with van der Waals surface area (Å²) in [6.45, 7) is 0. The molecular weight excluding hydrogens is 183 g/mol. The Morgan fingerprint density at radius 3 is 2.86 bits per heavy atom. The topological polar surface area (TPSA) is 32.3 Å². The quantitative estimate of drug-likeness (QED) is 0.725. The number of hydrogen-bond donors (Lipinski definition) is 1. The lowest BCUT2D eigenvalue weighted by molar-refractivity contribution is -0.119. The number of likely N-dealkylation sites (N-methyl/N-ethyl adjacent to an activating group) is 2. The first-order chi connectivity index (χ1) is 6.65. The van der Waals surface area contributed by atoms with Crippen LogP contribution in [0.2, 0.25) is 0 Å². The van der Waals surface area contributed by atoms with Gasteiger partial charge in [0.2, 0.25) is 5.91 Å². The van der Waals surface area contributed by atoms with E-state index in [1.54, 1.807) is 20.2 Å². The zero-order valence-electron chi connectivity index (χ0n) is 8.04. The van der Waals surface area contributed by atoms with Crippen LogP contribution in [-0.4, -0.2) is 20.0 Å². The van der Waals surface area contributed by atoms with Gasteiger partial charge in [-0.1, -0.05) is 0 Å². The molecule has 1 aromatic carbocycles. The summed E-state index contributed by atoms with van der Waals surface area (Å²) in [5.74, 6) is -0.361. The van der Waals surface area contributed by atoms with Gasteiger partial charge in [0.05, 0.1) is 0 Å². The van der Waals surface area contributed by atoms with Gasteiger partial charge in [0.15, 0.2) is 0 Å². The standard InChI is InChI=1S/C10H11FN2O/c1-12-9-7-5-6(11)3-4-8(7)13(2)10(9)14/h3-5,9,12H,1-2H3. The molecule has 1 atom stereocenters. The molecule has 0 saturated carbocycles. The van der Waals surface area contributed by atoms with E-state index in [9.17, 15) is 9.18 Å². The van der Waals surface area contributed by atoms with E-state index in [4.69, 9.17) is 0 Å². The largest absolute Gasteiger partial charge is 0.313 e. The Hall–Kier alpha value is -1.42. The van der Waals surface area contributed by atoms with Gasteiger partial charge in [-0.15, -0.1) is 0 Å². The molecular formula is C10H11FN2O. The highest BCUT2D eigenvalue weighted by Crippen LogP contribution is 2.34. The Morgan fingerprint density at radius 2 is 2.21 bits per heavy atom. The maximum atomic E-state index is 13.0. The Labute approximate surface area is 81.5 Å². The normalized spacial score (nSPS) is 20.1. The minimum Gasteiger partial charge on any atom is -0.313 e. The van der Waals surface area contributed by atoms with Crippen molar-refractivity contribution in [2.45, 2.75) is 6.04 Å². The third-order valence-electron chi connectivity index (χ3n) is 2.53. The van der Waals surface area contributed by atoms with Gasteiger partial charge >= 0.3 is 0 Å². The molecule has 1 aliphatic heterocycles. The molecule has 2 rings (SSSR count). The predicted octanol–water partition coefficient (Wildman–Crippen LogP) is 1.06. The van der Waals surface area contributed by atoms with Gasteiger partial charge in [-0.05, 0) is 25.2 Å². The molecule has 1 aliphatic rings. The monoisotopic (exact) mass is 194 g/mol. The van der Waals surface area contributed by atoms with Gasteiger partial charge in [-0.3, -0.25) is 4.79 Å². The average molecular weight is 194 g/mol. The average Bonchev–Trinajstić information content (AvgIpc) is 2.39. The lowest BCUT2D eigenvalue weighted by Crippen LogP contribution is -2.30. The van der Waals surface area contributed by atoms with Crippen molar-refractivity contribution in [3.05, 3.63) is 29.6 Å². The first kappa shape index (κ1) is 9.15. The summed E-state index contributed by atoms with van der Waals surface area (Å²) in [4.78, 5) is 13.2. The summed E-state index contributed by atoms with van der Waals surface area (Å²) >= 11 is 0. The Bertz CT molecular complexity index is 392. The summed E-state index contributed by atoms with van der Waals surface area (Å²) < 4.78 is 13.0.